The molecular formula is C55H36N2O2S. The molecule has 0 saturated heterocycles. The second kappa shape index (κ2) is 13.0. The van der Waals surface area contributed by atoms with Gasteiger partial charge in [-0.25, -0.2) is 8.42 Å². The van der Waals surface area contributed by atoms with E-state index in [0.29, 0.717) is 9.79 Å². The number of rotatable bonds is 4. The number of aromatic nitrogens is 1. The number of hydrogen-bond donors (Lipinski definition) is 0. The van der Waals surface area contributed by atoms with Crippen molar-refractivity contribution in [3.05, 3.63) is 241 Å². The number of hydrogen-bond acceptors (Lipinski definition) is 3. The maximum Gasteiger partial charge on any atom is 0.207 e. The van der Waals surface area contributed by atoms with Gasteiger partial charge in [-0.2, -0.15) is 0 Å². The minimum absolute atomic E-state index is 0.318. The van der Waals surface area contributed by atoms with E-state index < -0.39 is 15.3 Å². The Morgan fingerprint density at radius 2 is 0.867 bits per heavy atom. The van der Waals surface area contributed by atoms with Gasteiger partial charge < -0.3 is 9.47 Å². The number of sulfone groups is 1. The van der Waals surface area contributed by atoms with Gasteiger partial charge in [0.2, 0.25) is 9.84 Å². The standard InChI is InChI=1S/C55H36N2O2S/c58-60(59)53-31-17-13-27-47(53)55(45-25-11-15-29-50(45)56(41-22-8-3-9-23-41)51-30-16-12-26-46(51)55)48-35-44-43-24-10-14-28-49(43)57(52(44)36-54(48)60)42-33-39(37-18-4-1-5-19-37)32-40(34-42)38-20-6-2-7-21-38/h1-36H. The SMILES string of the molecule is O=S1(=O)c2ccccc2C2(c3ccccc3N(c3ccccc3)c3ccccc32)c2cc3c4ccccc4n(-c4cc(-c5ccccc5)cc(-c5ccccc5)c4)c3cc21. The predicted octanol–water partition coefficient (Wildman–Crippen LogP) is 13.4. The van der Waals surface area contributed by atoms with Gasteiger partial charge >= 0.3 is 0 Å². The summed E-state index contributed by atoms with van der Waals surface area (Å²) < 4.78 is 33.0. The third kappa shape index (κ3) is 4.81. The van der Waals surface area contributed by atoms with Crippen LogP contribution in [0, 0.1) is 0 Å². The Hall–Kier alpha value is -7.47. The molecule has 9 aromatic carbocycles. The number of para-hydroxylation sites is 4. The van der Waals surface area contributed by atoms with Crippen LogP contribution >= 0.6 is 0 Å². The second-order valence-electron chi connectivity index (χ2n) is 15.7. The first-order chi connectivity index (χ1) is 29.5. The highest BCUT2D eigenvalue weighted by molar-refractivity contribution is 7.91. The van der Waals surface area contributed by atoms with Crippen molar-refractivity contribution in [3.63, 3.8) is 0 Å². The fourth-order valence-electron chi connectivity index (χ4n) is 10.1. The monoisotopic (exact) mass is 788 g/mol. The molecule has 0 amide bonds. The summed E-state index contributed by atoms with van der Waals surface area (Å²) in [5.74, 6) is 0. The van der Waals surface area contributed by atoms with Gasteiger partial charge in [-0.1, -0.05) is 152 Å². The fourth-order valence-corrected chi connectivity index (χ4v) is 11.9. The Labute approximate surface area is 348 Å². The molecule has 0 N–H and O–H groups in total. The molecule has 12 rings (SSSR count). The van der Waals surface area contributed by atoms with Crippen LogP contribution in [0.4, 0.5) is 17.1 Å². The van der Waals surface area contributed by atoms with Crippen LogP contribution in [-0.4, -0.2) is 13.0 Å². The van der Waals surface area contributed by atoms with Crippen molar-refractivity contribution in [2.24, 2.45) is 0 Å². The summed E-state index contributed by atoms with van der Waals surface area (Å²) in [4.78, 5) is 2.96. The van der Waals surface area contributed by atoms with E-state index in [9.17, 15) is 0 Å². The van der Waals surface area contributed by atoms with E-state index in [1.54, 1.807) is 6.07 Å². The number of fused-ring (bicyclic) bond motifs is 11. The molecule has 0 radical (unpaired) electrons. The lowest BCUT2D eigenvalue weighted by atomic mass is 9.62. The molecule has 1 aromatic heterocycles. The third-order valence-electron chi connectivity index (χ3n) is 12.6. The highest BCUT2D eigenvalue weighted by Crippen LogP contribution is 2.62. The quantitative estimate of drug-likeness (QED) is 0.178. The largest absolute Gasteiger partial charge is 0.310 e. The highest BCUT2D eigenvalue weighted by Gasteiger charge is 2.53. The summed E-state index contributed by atoms with van der Waals surface area (Å²) in [6.45, 7) is 0. The lowest BCUT2D eigenvalue weighted by molar-refractivity contribution is 0.578. The molecule has 2 aliphatic heterocycles. The molecule has 10 aromatic rings. The molecule has 0 atom stereocenters. The van der Waals surface area contributed by atoms with Gasteiger partial charge in [-0.15, -0.1) is 0 Å². The lowest BCUT2D eigenvalue weighted by Crippen LogP contribution is -2.42. The Kier molecular flexibility index (Phi) is 7.50. The van der Waals surface area contributed by atoms with Gasteiger partial charge in [0.25, 0.3) is 0 Å². The molecular weight excluding hydrogens is 753 g/mol. The highest BCUT2D eigenvalue weighted by atomic mass is 32.2. The van der Waals surface area contributed by atoms with Crippen LogP contribution in [0.2, 0.25) is 0 Å². The number of anilines is 3. The third-order valence-corrected chi connectivity index (χ3v) is 14.4. The van der Waals surface area contributed by atoms with E-state index in [2.05, 4.69) is 179 Å². The van der Waals surface area contributed by atoms with Crippen molar-refractivity contribution in [2.45, 2.75) is 15.2 Å². The smallest absolute Gasteiger partial charge is 0.207 e. The summed E-state index contributed by atoms with van der Waals surface area (Å²) >= 11 is 0. The number of nitrogens with zero attached hydrogens (tertiary/aromatic N) is 2. The summed E-state index contributed by atoms with van der Waals surface area (Å²) in [6, 6.07) is 75.3. The van der Waals surface area contributed by atoms with Gasteiger partial charge in [-0.05, 0) is 111 Å². The summed E-state index contributed by atoms with van der Waals surface area (Å²) in [6.07, 6.45) is 0. The summed E-state index contributed by atoms with van der Waals surface area (Å²) in [7, 11) is -4.00. The average Bonchev–Trinajstić information content (AvgIpc) is 3.64. The van der Waals surface area contributed by atoms with E-state index in [-0.39, 0.29) is 0 Å². The maximum atomic E-state index is 15.4. The Bertz CT molecular complexity index is 3340. The van der Waals surface area contributed by atoms with Gasteiger partial charge in [0, 0.05) is 22.1 Å². The molecule has 0 bridgehead atoms. The van der Waals surface area contributed by atoms with Crippen LogP contribution in [0.15, 0.2) is 228 Å². The minimum Gasteiger partial charge on any atom is -0.310 e. The molecule has 0 unspecified atom stereocenters. The first-order valence-electron chi connectivity index (χ1n) is 20.3. The van der Waals surface area contributed by atoms with Gasteiger partial charge in [0.15, 0.2) is 0 Å². The van der Waals surface area contributed by atoms with Crippen LogP contribution in [0.3, 0.4) is 0 Å². The van der Waals surface area contributed by atoms with Crippen molar-refractivity contribution in [2.75, 3.05) is 4.90 Å². The van der Waals surface area contributed by atoms with Crippen LogP contribution in [-0.2, 0) is 15.3 Å². The van der Waals surface area contributed by atoms with E-state index >= 15 is 8.42 Å². The molecule has 0 saturated carbocycles. The fraction of sp³-hybridized carbons (Fsp3) is 0.0182. The molecule has 0 aliphatic carbocycles. The normalized spacial score (nSPS) is 14.4. The van der Waals surface area contributed by atoms with Crippen LogP contribution in [0.25, 0.3) is 49.7 Å². The summed E-state index contributed by atoms with van der Waals surface area (Å²) in [5, 5.41) is 2.04. The van der Waals surface area contributed by atoms with Crippen molar-refractivity contribution in [1.82, 2.24) is 4.57 Å². The van der Waals surface area contributed by atoms with Crippen LogP contribution in [0.5, 0.6) is 0 Å². The van der Waals surface area contributed by atoms with Crippen molar-refractivity contribution >= 4 is 48.7 Å². The Morgan fingerprint density at radius 3 is 1.50 bits per heavy atom. The number of benzene rings is 9. The lowest BCUT2D eigenvalue weighted by Gasteiger charge is -2.48. The summed E-state index contributed by atoms with van der Waals surface area (Å²) in [5.41, 5.74) is 12.8. The molecule has 1 spiro atoms. The van der Waals surface area contributed by atoms with Crippen molar-refractivity contribution in [1.29, 1.82) is 0 Å². The Balaban J connectivity index is 1.21. The topological polar surface area (TPSA) is 42.3 Å². The molecule has 2 aliphatic rings. The predicted molar refractivity (Wildman–Crippen MR) is 244 cm³/mol. The van der Waals surface area contributed by atoms with Gasteiger partial charge in [0.05, 0.1) is 37.6 Å². The minimum atomic E-state index is -4.00. The van der Waals surface area contributed by atoms with Gasteiger partial charge in [-0.3, -0.25) is 0 Å². The van der Waals surface area contributed by atoms with Crippen LogP contribution in [0.1, 0.15) is 22.3 Å². The van der Waals surface area contributed by atoms with Crippen LogP contribution < -0.4 is 4.90 Å². The second-order valence-corrected chi connectivity index (χ2v) is 17.6. The molecule has 4 nitrogen and oxygen atoms in total. The maximum absolute atomic E-state index is 15.4. The average molecular weight is 789 g/mol. The van der Waals surface area contributed by atoms with E-state index in [0.717, 1.165) is 89.1 Å². The molecule has 284 valence electrons. The zero-order chi connectivity index (χ0) is 40.0. The van der Waals surface area contributed by atoms with E-state index in [1.807, 2.05) is 42.5 Å². The van der Waals surface area contributed by atoms with Crippen molar-refractivity contribution in [3.8, 4) is 27.9 Å². The van der Waals surface area contributed by atoms with E-state index in [1.165, 1.54) is 0 Å². The zero-order valence-corrected chi connectivity index (χ0v) is 33.2. The molecule has 60 heavy (non-hydrogen) atoms. The van der Waals surface area contributed by atoms with E-state index in [4.69, 9.17) is 0 Å². The first kappa shape index (κ1) is 34.6. The molecule has 0 fully saturated rings. The Morgan fingerprint density at radius 1 is 0.350 bits per heavy atom. The molecule has 3 heterocycles. The molecule has 5 heteroatoms. The zero-order valence-electron chi connectivity index (χ0n) is 32.4. The van der Waals surface area contributed by atoms with Gasteiger partial charge in [0.1, 0.15) is 0 Å². The first-order valence-corrected chi connectivity index (χ1v) is 21.7. The van der Waals surface area contributed by atoms with Crippen molar-refractivity contribution < 1.29 is 8.42 Å².